The van der Waals surface area contributed by atoms with Gasteiger partial charge in [-0.2, -0.15) is 5.10 Å². The monoisotopic (exact) mass is 276 g/mol. The minimum atomic E-state index is -0.348. The van der Waals surface area contributed by atoms with Crippen LogP contribution in [0.2, 0.25) is 0 Å². The summed E-state index contributed by atoms with van der Waals surface area (Å²) in [5.74, 6) is 0.745. The first-order valence-corrected chi connectivity index (χ1v) is 7.18. The van der Waals surface area contributed by atoms with Gasteiger partial charge in [0.2, 0.25) is 0 Å². The number of aryl methyl sites for hydroxylation is 2. The highest BCUT2D eigenvalue weighted by Crippen LogP contribution is 2.39. The quantitative estimate of drug-likeness (QED) is 0.903. The van der Waals surface area contributed by atoms with Gasteiger partial charge in [0.1, 0.15) is 12.2 Å². The van der Waals surface area contributed by atoms with Crippen molar-refractivity contribution in [2.45, 2.75) is 38.6 Å². The predicted molar refractivity (Wildman–Crippen MR) is 73.2 cm³/mol. The number of rotatable bonds is 3. The zero-order chi connectivity index (χ0) is 13.5. The van der Waals surface area contributed by atoms with Gasteiger partial charge in [-0.25, -0.2) is 4.98 Å². The van der Waals surface area contributed by atoms with Crippen LogP contribution in [0.25, 0.3) is 0 Å². The van der Waals surface area contributed by atoms with Gasteiger partial charge in [-0.1, -0.05) is 0 Å². The molecule has 1 fully saturated rings. The van der Waals surface area contributed by atoms with E-state index in [1.165, 1.54) is 22.5 Å². The first-order chi connectivity index (χ1) is 9.11. The van der Waals surface area contributed by atoms with Crippen molar-refractivity contribution in [1.82, 2.24) is 20.5 Å². The third-order valence-electron chi connectivity index (χ3n) is 3.82. The number of nitrogens with one attached hydrogen (secondary N) is 2. The van der Waals surface area contributed by atoms with Crippen molar-refractivity contribution < 1.29 is 4.79 Å². The van der Waals surface area contributed by atoms with Gasteiger partial charge in [0, 0.05) is 4.88 Å². The molecule has 2 heterocycles. The largest absolute Gasteiger partial charge is 0.339 e. The highest BCUT2D eigenvalue weighted by atomic mass is 32.1. The fraction of sp³-hybridized carbons (Fsp3) is 0.462. The molecule has 3 rings (SSSR count). The van der Waals surface area contributed by atoms with Crippen LogP contribution in [0.15, 0.2) is 12.4 Å². The molecule has 0 atom stereocenters. The maximum atomic E-state index is 12.4. The molecule has 0 saturated heterocycles. The molecule has 0 radical (unpaired) electrons. The van der Waals surface area contributed by atoms with E-state index >= 15 is 0 Å². The number of amides is 1. The second kappa shape index (κ2) is 4.45. The number of aromatic nitrogens is 3. The number of hydrogen-bond acceptors (Lipinski definition) is 4. The Bertz CT molecular complexity index is 579. The molecule has 100 valence electrons. The Balaban J connectivity index is 1.82. The van der Waals surface area contributed by atoms with E-state index in [2.05, 4.69) is 20.5 Å². The molecule has 5 nitrogen and oxygen atoms in total. The molecule has 0 unspecified atom stereocenters. The van der Waals surface area contributed by atoms with Crippen LogP contribution in [0.3, 0.4) is 0 Å². The minimum Gasteiger partial charge on any atom is -0.339 e. The molecule has 0 spiro atoms. The summed E-state index contributed by atoms with van der Waals surface area (Å²) < 4.78 is 0. The Kier molecular flexibility index (Phi) is 2.89. The van der Waals surface area contributed by atoms with Crippen molar-refractivity contribution in [3.8, 4) is 0 Å². The highest BCUT2D eigenvalue weighted by molar-refractivity contribution is 7.14. The van der Waals surface area contributed by atoms with E-state index < -0.39 is 0 Å². The van der Waals surface area contributed by atoms with Crippen molar-refractivity contribution in [2.24, 2.45) is 0 Å². The molecule has 2 N–H and O–H groups in total. The van der Waals surface area contributed by atoms with Crippen molar-refractivity contribution in [1.29, 1.82) is 0 Å². The highest BCUT2D eigenvalue weighted by Gasteiger charge is 2.43. The number of hydrogen-bond donors (Lipinski definition) is 2. The first kappa shape index (κ1) is 12.3. The van der Waals surface area contributed by atoms with Crippen molar-refractivity contribution in [2.75, 3.05) is 0 Å². The van der Waals surface area contributed by atoms with Crippen molar-refractivity contribution >= 4 is 17.2 Å². The Morgan fingerprint density at radius 1 is 1.47 bits per heavy atom. The summed E-state index contributed by atoms with van der Waals surface area (Å²) in [6.07, 6.45) is 4.42. The average molecular weight is 276 g/mol. The SMILES string of the molecule is Cc1cc(C(=O)NC2(c3ncn[nH]3)CCC2)sc1C. The zero-order valence-corrected chi connectivity index (χ0v) is 11.8. The van der Waals surface area contributed by atoms with Crippen molar-refractivity contribution in [3.63, 3.8) is 0 Å². The Hall–Kier alpha value is -1.69. The van der Waals surface area contributed by atoms with Gasteiger partial charge in [0.15, 0.2) is 0 Å². The van der Waals surface area contributed by atoms with Gasteiger partial charge in [0.05, 0.1) is 10.4 Å². The van der Waals surface area contributed by atoms with Gasteiger partial charge in [0.25, 0.3) is 5.91 Å². The summed E-state index contributed by atoms with van der Waals surface area (Å²) in [4.78, 5) is 18.5. The van der Waals surface area contributed by atoms with Crippen LogP contribution in [0.4, 0.5) is 0 Å². The van der Waals surface area contributed by atoms with Gasteiger partial charge >= 0.3 is 0 Å². The number of aromatic amines is 1. The van der Waals surface area contributed by atoms with Crippen molar-refractivity contribution in [3.05, 3.63) is 33.5 Å². The van der Waals surface area contributed by atoms with E-state index in [0.29, 0.717) is 0 Å². The van der Waals surface area contributed by atoms with E-state index in [1.54, 1.807) is 0 Å². The summed E-state index contributed by atoms with van der Waals surface area (Å²) in [7, 11) is 0. The van der Waals surface area contributed by atoms with Gasteiger partial charge in [-0.15, -0.1) is 11.3 Å². The molecular formula is C13H16N4OS. The maximum Gasteiger partial charge on any atom is 0.262 e. The lowest BCUT2D eigenvalue weighted by Crippen LogP contribution is -2.51. The third kappa shape index (κ3) is 2.06. The van der Waals surface area contributed by atoms with E-state index in [-0.39, 0.29) is 11.4 Å². The molecule has 2 aromatic heterocycles. The summed E-state index contributed by atoms with van der Waals surface area (Å²) in [5, 5.41) is 9.89. The fourth-order valence-electron chi connectivity index (χ4n) is 2.35. The molecule has 1 amide bonds. The lowest BCUT2D eigenvalue weighted by Gasteiger charge is -2.40. The molecule has 0 aromatic carbocycles. The number of nitrogens with zero attached hydrogens (tertiary/aromatic N) is 2. The van der Waals surface area contributed by atoms with E-state index in [0.717, 1.165) is 35.5 Å². The first-order valence-electron chi connectivity index (χ1n) is 6.36. The Labute approximate surface area is 115 Å². The second-order valence-corrected chi connectivity index (χ2v) is 6.33. The van der Waals surface area contributed by atoms with Gasteiger partial charge in [-0.05, 0) is 44.7 Å². The summed E-state index contributed by atoms with van der Waals surface area (Å²) >= 11 is 1.54. The molecule has 0 aliphatic heterocycles. The van der Waals surface area contributed by atoms with Gasteiger partial charge in [-0.3, -0.25) is 9.89 Å². The second-order valence-electron chi connectivity index (χ2n) is 5.07. The molecule has 6 heteroatoms. The number of carbonyl (C=O) groups is 1. The standard InChI is InChI=1S/C13H16N4OS/c1-8-6-10(19-9(8)2)11(18)16-13(4-3-5-13)12-14-7-15-17-12/h6-7H,3-5H2,1-2H3,(H,16,18)(H,14,15,17). The third-order valence-corrected chi connectivity index (χ3v) is 4.97. The number of H-pyrrole nitrogens is 1. The maximum absolute atomic E-state index is 12.4. The summed E-state index contributed by atoms with van der Waals surface area (Å²) in [5.41, 5.74) is 0.816. The van der Waals surface area contributed by atoms with Crippen LogP contribution >= 0.6 is 11.3 Å². The van der Waals surface area contributed by atoms with Crippen LogP contribution < -0.4 is 5.32 Å². The molecule has 19 heavy (non-hydrogen) atoms. The van der Waals surface area contributed by atoms with Crippen LogP contribution in [0.1, 0.15) is 45.2 Å². The molecule has 1 saturated carbocycles. The smallest absolute Gasteiger partial charge is 0.262 e. The van der Waals surface area contributed by atoms with Crippen LogP contribution in [0, 0.1) is 13.8 Å². The normalized spacial score (nSPS) is 16.9. The topological polar surface area (TPSA) is 70.7 Å². The molecular weight excluding hydrogens is 260 g/mol. The average Bonchev–Trinajstić information content (AvgIpc) is 2.95. The van der Waals surface area contributed by atoms with E-state index in [9.17, 15) is 4.79 Å². The van der Waals surface area contributed by atoms with Crippen LogP contribution in [-0.4, -0.2) is 21.1 Å². The Morgan fingerprint density at radius 2 is 2.26 bits per heavy atom. The number of carbonyl (C=O) groups excluding carboxylic acids is 1. The molecule has 2 aromatic rings. The lowest BCUT2D eigenvalue weighted by molar-refractivity contribution is 0.0814. The predicted octanol–water partition coefficient (Wildman–Crippen LogP) is 2.29. The molecule has 1 aliphatic carbocycles. The molecule has 0 bridgehead atoms. The summed E-state index contributed by atoms with van der Waals surface area (Å²) in [6.45, 7) is 4.06. The number of thiophene rings is 1. The Morgan fingerprint density at radius 3 is 2.74 bits per heavy atom. The summed E-state index contributed by atoms with van der Waals surface area (Å²) in [6, 6.07) is 1.95. The van der Waals surface area contributed by atoms with Gasteiger partial charge < -0.3 is 5.32 Å². The lowest BCUT2D eigenvalue weighted by atomic mass is 9.76. The zero-order valence-electron chi connectivity index (χ0n) is 11.0. The van der Waals surface area contributed by atoms with E-state index in [4.69, 9.17) is 0 Å². The van der Waals surface area contributed by atoms with Crippen LogP contribution in [0.5, 0.6) is 0 Å². The van der Waals surface area contributed by atoms with Crippen LogP contribution in [-0.2, 0) is 5.54 Å². The minimum absolute atomic E-state index is 0.0164. The fourth-order valence-corrected chi connectivity index (χ4v) is 3.28. The van der Waals surface area contributed by atoms with E-state index in [1.807, 2.05) is 19.9 Å². The molecule has 1 aliphatic rings.